The van der Waals surface area contributed by atoms with Gasteiger partial charge in [-0.05, 0) is 47.9 Å². The molecule has 1 aromatic heterocycles. The molecule has 0 radical (unpaired) electrons. The van der Waals surface area contributed by atoms with Gasteiger partial charge in [0.1, 0.15) is 11.4 Å². The van der Waals surface area contributed by atoms with E-state index >= 15 is 0 Å². The number of carbonyl (C=O) groups is 1. The summed E-state index contributed by atoms with van der Waals surface area (Å²) < 4.78 is 5.48. The van der Waals surface area contributed by atoms with E-state index in [2.05, 4.69) is 36.2 Å². The van der Waals surface area contributed by atoms with Gasteiger partial charge >= 0.3 is 0 Å². The number of carbonyl (C=O) groups excluding carboxylic acids is 1. The van der Waals surface area contributed by atoms with Crippen LogP contribution in [0.15, 0.2) is 60.8 Å². The molecule has 1 heterocycles. The molecule has 0 spiro atoms. The summed E-state index contributed by atoms with van der Waals surface area (Å²) in [6.45, 7) is 2.08. The van der Waals surface area contributed by atoms with Crippen molar-refractivity contribution < 1.29 is 9.53 Å². The third kappa shape index (κ3) is 3.14. The Labute approximate surface area is 135 Å². The number of benzene rings is 2. The van der Waals surface area contributed by atoms with Crippen LogP contribution in [-0.2, 0) is 0 Å². The maximum absolute atomic E-state index is 11.0. The van der Waals surface area contributed by atoms with Crippen molar-refractivity contribution >= 4 is 6.29 Å². The molecule has 0 amide bonds. The summed E-state index contributed by atoms with van der Waals surface area (Å²) in [5.41, 5.74) is 5.73. The summed E-state index contributed by atoms with van der Waals surface area (Å²) in [5, 5.41) is 0. The van der Waals surface area contributed by atoms with E-state index in [9.17, 15) is 4.79 Å². The van der Waals surface area contributed by atoms with Crippen molar-refractivity contribution in [1.29, 1.82) is 0 Å². The first kappa shape index (κ1) is 15.0. The average molecular weight is 303 g/mol. The summed E-state index contributed by atoms with van der Waals surface area (Å²) in [5.74, 6) is 0.768. The van der Waals surface area contributed by atoms with Gasteiger partial charge in [0, 0.05) is 11.8 Å². The number of hydrogen-bond acceptors (Lipinski definition) is 3. The molecule has 0 fully saturated rings. The minimum atomic E-state index is 0.408. The van der Waals surface area contributed by atoms with Crippen LogP contribution in [0.3, 0.4) is 0 Å². The van der Waals surface area contributed by atoms with E-state index < -0.39 is 0 Å². The number of ether oxygens (including phenoxy) is 1. The van der Waals surface area contributed by atoms with Crippen LogP contribution in [0.2, 0.25) is 0 Å². The largest absolute Gasteiger partial charge is 0.496 e. The second-order valence-corrected chi connectivity index (χ2v) is 5.37. The Balaban J connectivity index is 2.14. The molecular weight excluding hydrogens is 286 g/mol. The smallest absolute Gasteiger partial charge is 0.168 e. The van der Waals surface area contributed by atoms with E-state index in [1.807, 2.05) is 24.3 Å². The number of aryl methyl sites for hydroxylation is 1. The maximum Gasteiger partial charge on any atom is 0.168 e. The van der Waals surface area contributed by atoms with Crippen molar-refractivity contribution in [1.82, 2.24) is 4.98 Å². The van der Waals surface area contributed by atoms with Gasteiger partial charge in [-0.1, -0.05) is 35.9 Å². The number of hydrogen-bond donors (Lipinski definition) is 0. The van der Waals surface area contributed by atoms with Crippen molar-refractivity contribution in [2.75, 3.05) is 7.11 Å². The van der Waals surface area contributed by atoms with E-state index in [4.69, 9.17) is 4.74 Å². The topological polar surface area (TPSA) is 39.2 Å². The Morgan fingerprint density at radius 3 is 2.52 bits per heavy atom. The molecule has 3 rings (SSSR count). The molecule has 0 bridgehead atoms. The Morgan fingerprint density at radius 2 is 1.78 bits per heavy atom. The minimum Gasteiger partial charge on any atom is -0.496 e. The quantitative estimate of drug-likeness (QED) is 0.664. The van der Waals surface area contributed by atoms with Crippen LogP contribution in [0, 0.1) is 6.92 Å². The summed E-state index contributed by atoms with van der Waals surface area (Å²) in [4.78, 5) is 15.0. The number of methoxy groups -OCH3 is 1. The van der Waals surface area contributed by atoms with Crippen LogP contribution in [0.5, 0.6) is 5.75 Å². The highest BCUT2D eigenvalue weighted by Crippen LogP contribution is 2.34. The van der Waals surface area contributed by atoms with Gasteiger partial charge in [0.15, 0.2) is 6.29 Å². The van der Waals surface area contributed by atoms with Gasteiger partial charge in [0.2, 0.25) is 0 Å². The zero-order valence-corrected chi connectivity index (χ0v) is 13.1. The van der Waals surface area contributed by atoms with Crippen molar-refractivity contribution in [3.63, 3.8) is 0 Å². The Hall–Kier alpha value is -2.94. The first-order chi connectivity index (χ1) is 11.2. The molecule has 0 atom stereocenters. The van der Waals surface area contributed by atoms with Gasteiger partial charge in [0.05, 0.1) is 7.11 Å². The van der Waals surface area contributed by atoms with E-state index in [1.165, 1.54) is 5.56 Å². The first-order valence-corrected chi connectivity index (χ1v) is 7.38. The summed E-state index contributed by atoms with van der Waals surface area (Å²) in [6.07, 6.45) is 2.39. The van der Waals surface area contributed by atoms with E-state index in [1.54, 1.807) is 19.4 Å². The van der Waals surface area contributed by atoms with E-state index in [-0.39, 0.29) is 0 Å². The van der Waals surface area contributed by atoms with Crippen LogP contribution in [-0.4, -0.2) is 18.4 Å². The summed E-state index contributed by atoms with van der Waals surface area (Å²) >= 11 is 0. The van der Waals surface area contributed by atoms with Crippen molar-refractivity contribution in [2.45, 2.75) is 6.92 Å². The van der Waals surface area contributed by atoms with Gasteiger partial charge < -0.3 is 4.74 Å². The first-order valence-electron chi connectivity index (χ1n) is 7.38. The molecule has 114 valence electrons. The number of nitrogens with zero attached hydrogens (tertiary/aromatic N) is 1. The lowest BCUT2D eigenvalue weighted by atomic mass is 9.97. The fourth-order valence-electron chi connectivity index (χ4n) is 2.62. The fraction of sp³-hybridized carbons (Fsp3) is 0.100. The number of rotatable bonds is 4. The number of pyridine rings is 1. The van der Waals surface area contributed by atoms with Gasteiger partial charge in [0.25, 0.3) is 0 Å². The molecule has 3 nitrogen and oxygen atoms in total. The van der Waals surface area contributed by atoms with E-state index in [0.29, 0.717) is 5.69 Å². The molecule has 0 aliphatic heterocycles. The van der Waals surface area contributed by atoms with Gasteiger partial charge in [-0.3, -0.25) is 9.78 Å². The summed E-state index contributed by atoms with van der Waals surface area (Å²) in [6, 6.07) is 18.1. The molecular formula is C20H17NO2. The lowest BCUT2D eigenvalue weighted by molar-refractivity contribution is 0.111. The van der Waals surface area contributed by atoms with Gasteiger partial charge in [-0.2, -0.15) is 0 Å². The highest BCUT2D eigenvalue weighted by Gasteiger charge is 2.09. The Morgan fingerprint density at radius 1 is 0.957 bits per heavy atom. The van der Waals surface area contributed by atoms with Crippen molar-refractivity contribution in [3.05, 3.63) is 72.1 Å². The minimum absolute atomic E-state index is 0.408. The molecule has 0 saturated heterocycles. The van der Waals surface area contributed by atoms with Crippen LogP contribution < -0.4 is 4.74 Å². The van der Waals surface area contributed by atoms with Crippen molar-refractivity contribution in [2.24, 2.45) is 0 Å². The second-order valence-electron chi connectivity index (χ2n) is 5.37. The zero-order valence-electron chi connectivity index (χ0n) is 13.1. The van der Waals surface area contributed by atoms with E-state index in [0.717, 1.165) is 34.3 Å². The van der Waals surface area contributed by atoms with Crippen LogP contribution in [0.4, 0.5) is 0 Å². The predicted molar refractivity (Wildman–Crippen MR) is 91.8 cm³/mol. The third-order valence-corrected chi connectivity index (χ3v) is 3.76. The normalized spacial score (nSPS) is 10.3. The lowest BCUT2D eigenvalue weighted by Crippen LogP contribution is -1.92. The average Bonchev–Trinajstić information content (AvgIpc) is 2.61. The SMILES string of the molecule is COc1ccc(-c2cccc(C)c2)cc1-c1ccnc(C=O)c1. The molecule has 0 aliphatic carbocycles. The molecule has 3 aromatic rings. The molecule has 0 saturated carbocycles. The maximum atomic E-state index is 11.0. The monoisotopic (exact) mass is 303 g/mol. The molecule has 2 aromatic carbocycles. The second kappa shape index (κ2) is 6.44. The molecule has 23 heavy (non-hydrogen) atoms. The van der Waals surface area contributed by atoms with Crippen LogP contribution in [0.1, 0.15) is 16.1 Å². The molecule has 0 unspecified atom stereocenters. The highest BCUT2D eigenvalue weighted by atomic mass is 16.5. The highest BCUT2D eigenvalue weighted by molar-refractivity contribution is 5.81. The predicted octanol–water partition coefficient (Wildman–Crippen LogP) is 4.55. The van der Waals surface area contributed by atoms with Gasteiger partial charge in [-0.15, -0.1) is 0 Å². The zero-order chi connectivity index (χ0) is 16.2. The van der Waals surface area contributed by atoms with Gasteiger partial charge in [-0.25, -0.2) is 0 Å². The number of aromatic nitrogens is 1. The fourth-order valence-corrected chi connectivity index (χ4v) is 2.62. The molecule has 0 aliphatic rings. The number of aldehydes is 1. The molecule has 0 N–H and O–H groups in total. The molecule has 3 heteroatoms. The Bertz CT molecular complexity index is 856. The Kier molecular flexibility index (Phi) is 4.20. The summed E-state index contributed by atoms with van der Waals surface area (Å²) in [7, 11) is 1.65. The van der Waals surface area contributed by atoms with Crippen LogP contribution in [0.25, 0.3) is 22.3 Å². The van der Waals surface area contributed by atoms with Crippen molar-refractivity contribution in [3.8, 4) is 28.0 Å². The van der Waals surface area contributed by atoms with Crippen LogP contribution >= 0.6 is 0 Å². The standard InChI is InChI=1S/C20H17NO2/c1-14-4-3-5-15(10-14)16-6-7-20(23-2)19(12-16)17-8-9-21-18(11-17)13-22/h3-13H,1-2H3. The lowest BCUT2D eigenvalue weighted by Gasteiger charge is -2.12. The third-order valence-electron chi connectivity index (χ3n) is 3.76.